The van der Waals surface area contributed by atoms with Gasteiger partial charge in [0.1, 0.15) is 0 Å². The van der Waals surface area contributed by atoms with E-state index < -0.39 is 17.1 Å². The predicted molar refractivity (Wildman–Crippen MR) is 124 cm³/mol. The van der Waals surface area contributed by atoms with Gasteiger partial charge in [0.05, 0.1) is 18.8 Å². The fraction of sp³-hybridized carbons (Fsp3) is 0.778. The first kappa shape index (κ1) is 23.4. The Morgan fingerprint density at radius 1 is 1.30 bits per heavy atom. The van der Waals surface area contributed by atoms with Crippen molar-refractivity contribution in [2.75, 3.05) is 20.6 Å². The van der Waals surface area contributed by atoms with E-state index in [1.165, 1.54) is 0 Å². The molecule has 0 radical (unpaired) electrons. The molecule has 1 N–H and O–H groups in total. The Kier molecular flexibility index (Phi) is 5.56. The third-order valence-corrected chi connectivity index (χ3v) is 9.69. The highest BCUT2D eigenvalue weighted by Crippen LogP contribution is 2.69. The van der Waals surface area contributed by atoms with Crippen LogP contribution in [0.15, 0.2) is 23.8 Å². The molecule has 1 aliphatic heterocycles. The van der Waals surface area contributed by atoms with Gasteiger partial charge in [0, 0.05) is 16.7 Å². The first-order chi connectivity index (χ1) is 15.6. The fourth-order valence-electron chi connectivity index (χ4n) is 8.41. The number of ketones is 2. The van der Waals surface area contributed by atoms with Crippen molar-refractivity contribution in [1.29, 1.82) is 0 Å². The zero-order valence-electron chi connectivity index (χ0n) is 20.7. The molecule has 182 valence electrons. The van der Waals surface area contributed by atoms with E-state index in [0.29, 0.717) is 13.0 Å². The molecule has 4 fully saturated rings. The summed E-state index contributed by atoms with van der Waals surface area (Å²) in [6, 6.07) is 0. The first-order valence-electron chi connectivity index (χ1n) is 12.7. The molecule has 9 atom stereocenters. The highest BCUT2D eigenvalue weighted by atomic mass is 16.7. The molecule has 5 rings (SSSR count). The quantitative estimate of drug-likeness (QED) is 0.683. The predicted octanol–water partition coefficient (Wildman–Crippen LogP) is 3.29. The van der Waals surface area contributed by atoms with Crippen molar-refractivity contribution in [3.05, 3.63) is 23.8 Å². The van der Waals surface area contributed by atoms with Gasteiger partial charge in [0.2, 0.25) is 0 Å². The molecule has 4 aliphatic carbocycles. The van der Waals surface area contributed by atoms with Crippen LogP contribution in [0.1, 0.15) is 59.3 Å². The molecule has 0 amide bonds. The number of aliphatic hydroxyl groups is 1. The zero-order chi connectivity index (χ0) is 23.8. The van der Waals surface area contributed by atoms with Crippen LogP contribution in [0.2, 0.25) is 0 Å². The van der Waals surface area contributed by atoms with Gasteiger partial charge in [0.15, 0.2) is 23.5 Å². The third kappa shape index (κ3) is 3.13. The molecule has 3 saturated carbocycles. The molecule has 0 aromatic rings. The first-order valence-corrected chi connectivity index (χ1v) is 12.7. The summed E-state index contributed by atoms with van der Waals surface area (Å²) in [4.78, 5) is 27.8. The van der Waals surface area contributed by atoms with E-state index in [4.69, 9.17) is 9.47 Å². The number of carbonyl (C=O) groups is 2. The average Bonchev–Trinajstić information content (AvgIpc) is 3.20. The van der Waals surface area contributed by atoms with Crippen LogP contribution in [-0.2, 0) is 19.1 Å². The number of fused-ring (bicyclic) bond motifs is 7. The summed E-state index contributed by atoms with van der Waals surface area (Å²) in [6.07, 6.45) is 9.07. The molecule has 6 heteroatoms. The van der Waals surface area contributed by atoms with Gasteiger partial charge in [-0.05, 0) is 70.2 Å². The minimum atomic E-state index is -1.01. The van der Waals surface area contributed by atoms with Gasteiger partial charge in [-0.3, -0.25) is 9.59 Å². The van der Waals surface area contributed by atoms with E-state index in [-0.39, 0.29) is 47.1 Å². The molecular weight excluding hydrogens is 418 g/mol. The number of ether oxygens (including phenoxy) is 2. The monoisotopic (exact) mass is 457 g/mol. The lowest BCUT2D eigenvalue weighted by Crippen LogP contribution is -2.64. The Labute approximate surface area is 197 Å². The SMILES string of the molecule is CCCC1O[C@@H]2C[C@H]3[C@@H]4CCC5=CC(=O)C=C[C@]5(C)[C@H]4[C@@H](O)C[C@]3(C)[C@]2(C(=O)CN(C)C)O1. The summed E-state index contributed by atoms with van der Waals surface area (Å²) in [5.74, 6) is 0.645. The molecule has 33 heavy (non-hydrogen) atoms. The lowest BCUT2D eigenvalue weighted by molar-refractivity contribution is -0.199. The molecule has 0 aromatic carbocycles. The van der Waals surface area contributed by atoms with Gasteiger partial charge in [-0.15, -0.1) is 0 Å². The molecule has 1 heterocycles. The number of rotatable bonds is 5. The maximum atomic E-state index is 13.9. The molecule has 5 aliphatic rings. The maximum absolute atomic E-state index is 13.9. The minimum Gasteiger partial charge on any atom is -0.393 e. The summed E-state index contributed by atoms with van der Waals surface area (Å²) in [5, 5.41) is 11.7. The number of nitrogens with zero attached hydrogens (tertiary/aromatic N) is 1. The van der Waals surface area contributed by atoms with Crippen molar-refractivity contribution < 1.29 is 24.2 Å². The second-order valence-corrected chi connectivity index (χ2v) is 11.8. The van der Waals surface area contributed by atoms with Crippen LogP contribution in [0.3, 0.4) is 0 Å². The number of likely N-dealkylation sites (N-methyl/N-ethyl adjacent to an activating group) is 1. The Bertz CT molecular complexity index is 910. The second kappa shape index (κ2) is 7.84. The topological polar surface area (TPSA) is 76.1 Å². The Morgan fingerprint density at radius 2 is 2.06 bits per heavy atom. The number of carbonyl (C=O) groups excluding carboxylic acids is 2. The lowest BCUT2D eigenvalue weighted by atomic mass is 9.46. The van der Waals surface area contributed by atoms with E-state index in [9.17, 15) is 14.7 Å². The molecule has 1 unspecified atom stereocenters. The van der Waals surface area contributed by atoms with Gasteiger partial charge in [0.25, 0.3) is 0 Å². The number of Topliss-reactive ketones (excluding diaryl/α,β-unsaturated/α-hetero) is 1. The van der Waals surface area contributed by atoms with E-state index in [0.717, 1.165) is 37.7 Å². The van der Waals surface area contributed by atoms with Gasteiger partial charge < -0.3 is 19.5 Å². The standard InChI is InChI=1S/C27H39NO5/c1-6-7-23-32-22-13-19-18-9-8-16-12-17(29)10-11-25(16,2)24(18)20(30)14-26(19,3)27(22,33-23)21(31)15-28(4)5/h10-12,18-20,22-24,30H,6-9,13-15H2,1-5H3/t18-,19-,20-,22+,23?,24+,25-,26-,27+/m0/s1. The highest BCUT2D eigenvalue weighted by molar-refractivity contribution is 6.01. The van der Waals surface area contributed by atoms with Crippen LogP contribution in [0.4, 0.5) is 0 Å². The van der Waals surface area contributed by atoms with Crippen LogP contribution in [-0.4, -0.2) is 66.3 Å². The van der Waals surface area contributed by atoms with Crippen molar-refractivity contribution in [3.63, 3.8) is 0 Å². The normalized spacial score (nSPS) is 48.2. The maximum Gasteiger partial charge on any atom is 0.181 e. The number of allylic oxidation sites excluding steroid dienone is 4. The van der Waals surface area contributed by atoms with E-state index in [2.05, 4.69) is 20.8 Å². The average molecular weight is 458 g/mol. The van der Waals surface area contributed by atoms with Crippen molar-refractivity contribution >= 4 is 11.6 Å². The smallest absolute Gasteiger partial charge is 0.181 e. The summed E-state index contributed by atoms with van der Waals surface area (Å²) in [7, 11) is 3.83. The minimum absolute atomic E-state index is 0.0335. The van der Waals surface area contributed by atoms with E-state index in [1.54, 1.807) is 12.2 Å². The molecular formula is C27H39NO5. The van der Waals surface area contributed by atoms with Crippen LogP contribution in [0.5, 0.6) is 0 Å². The number of aliphatic hydroxyl groups excluding tert-OH is 1. The van der Waals surface area contributed by atoms with Gasteiger partial charge in [-0.1, -0.05) is 38.8 Å². The van der Waals surface area contributed by atoms with Crippen LogP contribution >= 0.6 is 0 Å². The van der Waals surface area contributed by atoms with Crippen LogP contribution in [0.25, 0.3) is 0 Å². The van der Waals surface area contributed by atoms with E-state index >= 15 is 0 Å². The van der Waals surface area contributed by atoms with Gasteiger partial charge in [-0.2, -0.15) is 0 Å². The molecule has 1 saturated heterocycles. The Hall–Kier alpha value is -1.34. The largest absolute Gasteiger partial charge is 0.393 e. The third-order valence-electron chi connectivity index (χ3n) is 9.69. The molecule has 0 spiro atoms. The molecule has 0 aromatic heterocycles. The number of hydrogen-bond acceptors (Lipinski definition) is 6. The highest BCUT2D eigenvalue weighted by Gasteiger charge is 2.75. The number of hydrogen-bond donors (Lipinski definition) is 1. The molecule has 6 nitrogen and oxygen atoms in total. The summed E-state index contributed by atoms with van der Waals surface area (Å²) < 4.78 is 13.1. The Morgan fingerprint density at radius 3 is 2.76 bits per heavy atom. The van der Waals surface area contributed by atoms with Crippen molar-refractivity contribution in [3.8, 4) is 0 Å². The van der Waals surface area contributed by atoms with Crippen molar-refractivity contribution in [2.45, 2.75) is 83.4 Å². The van der Waals surface area contributed by atoms with Crippen molar-refractivity contribution in [1.82, 2.24) is 4.90 Å². The zero-order valence-corrected chi connectivity index (χ0v) is 20.7. The second-order valence-electron chi connectivity index (χ2n) is 11.8. The fourth-order valence-corrected chi connectivity index (χ4v) is 8.41. The van der Waals surface area contributed by atoms with E-state index in [1.807, 2.05) is 25.1 Å². The van der Waals surface area contributed by atoms with Crippen LogP contribution in [0, 0.1) is 28.6 Å². The van der Waals surface area contributed by atoms with Gasteiger partial charge >= 0.3 is 0 Å². The van der Waals surface area contributed by atoms with Crippen LogP contribution < -0.4 is 0 Å². The Balaban J connectivity index is 1.55. The summed E-state index contributed by atoms with van der Waals surface area (Å²) >= 11 is 0. The summed E-state index contributed by atoms with van der Waals surface area (Å²) in [6.45, 7) is 6.76. The molecule has 0 bridgehead atoms. The van der Waals surface area contributed by atoms with Gasteiger partial charge in [-0.25, -0.2) is 0 Å². The lowest BCUT2D eigenvalue weighted by Gasteiger charge is -2.59. The summed E-state index contributed by atoms with van der Waals surface area (Å²) in [5.41, 5.74) is -0.670. The van der Waals surface area contributed by atoms with Crippen molar-refractivity contribution in [2.24, 2.45) is 28.6 Å².